The molecule has 1 aliphatic rings. The van der Waals surface area contributed by atoms with Gasteiger partial charge < -0.3 is 14.7 Å². The van der Waals surface area contributed by atoms with Gasteiger partial charge in [-0.2, -0.15) is 0 Å². The van der Waals surface area contributed by atoms with Crippen LogP contribution in [0.1, 0.15) is 40.4 Å². The SMILES string of the molecule is CCCc1sc(C(=O)N2CCOC[C@@H]2C(=O)O)cc1CC. The number of carbonyl (C=O) groups is 2. The Kier molecular flexibility index (Phi) is 5.36. The van der Waals surface area contributed by atoms with Crippen molar-refractivity contribution in [2.75, 3.05) is 19.8 Å². The van der Waals surface area contributed by atoms with E-state index in [1.165, 1.54) is 26.7 Å². The van der Waals surface area contributed by atoms with Gasteiger partial charge in [-0.1, -0.05) is 20.3 Å². The number of carbonyl (C=O) groups excluding carboxylic acids is 1. The number of carboxylic acids is 1. The van der Waals surface area contributed by atoms with Gasteiger partial charge in [0.25, 0.3) is 5.91 Å². The van der Waals surface area contributed by atoms with E-state index in [4.69, 9.17) is 4.74 Å². The molecule has 2 rings (SSSR count). The molecule has 1 N–H and O–H groups in total. The summed E-state index contributed by atoms with van der Waals surface area (Å²) in [6.07, 6.45) is 2.90. The Morgan fingerprint density at radius 1 is 1.48 bits per heavy atom. The predicted octanol–water partition coefficient (Wildman–Crippen LogP) is 2.19. The number of aryl methyl sites for hydroxylation is 2. The quantitative estimate of drug-likeness (QED) is 0.905. The standard InChI is InChI=1S/C15H21NO4S/c1-3-5-12-10(4-2)8-13(21-12)14(17)16-6-7-20-9-11(16)15(18)19/h8,11H,3-7,9H2,1-2H3,(H,18,19)/t11-/m1/s1. The molecular formula is C15H21NO4S. The van der Waals surface area contributed by atoms with Crippen LogP contribution in [0.25, 0.3) is 0 Å². The number of aliphatic carboxylic acids is 1. The molecule has 0 spiro atoms. The lowest BCUT2D eigenvalue weighted by molar-refractivity contribution is -0.147. The summed E-state index contributed by atoms with van der Waals surface area (Å²) in [6, 6.07) is 1.04. The minimum atomic E-state index is -1.01. The summed E-state index contributed by atoms with van der Waals surface area (Å²) in [4.78, 5) is 27.2. The van der Waals surface area contributed by atoms with Gasteiger partial charge in [0.15, 0.2) is 6.04 Å². The van der Waals surface area contributed by atoms with Crippen LogP contribution in [0.2, 0.25) is 0 Å². The van der Waals surface area contributed by atoms with E-state index >= 15 is 0 Å². The maximum atomic E-state index is 12.6. The zero-order valence-electron chi connectivity index (χ0n) is 12.4. The molecule has 21 heavy (non-hydrogen) atoms. The Morgan fingerprint density at radius 2 is 2.24 bits per heavy atom. The number of hydrogen-bond acceptors (Lipinski definition) is 4. The molecule has 0 aromatic carbocycles. The molecule has 2 heterocycles. The van der Waals surface area contributed by atoms with E-state index in [2.05, 4.69) is 13.8 Å². The second-order valence-electron chi connectivity index (χ2n) is 5.09. The first-order valence-corrected chi connectivity index (χ1v) is 8.13. The van der Waals surface area contributed by atoms with Crippen molar-refractivity contribution in [1.29, 1.82) is 0 Å². The molecule has 1 fully saturated rings. The topological polar surface area (TPSA) is 66.8 Å². The monoisotopic (exact) mass is 311 g/mol. The van der Waals surface area contributed by atoms with E-state index in [0.717, 1.165) is 19.3 Å². The van der Waals surface area contributed by atoms with E-state index in [-0.39, 0.29) is 12.5 Å². The smallest absolute Gasteiger partial charge is 0.328 e. The lowest BCUT2D eigenvalue weighted by atomic mass is 10.1. The molecule has 0 bridgehead atoms. The summed E-state index contributed by atoms with van der Waals surface area (Å²) in [5, 5.41) is 9.22. The minimum Gasteiger partial charge on any atom is -0.480 e. The van der Waals surface area contributed by atoms with Gasteiger partial charge in [0.2, 0.25) is 0 Å². The van der Waals surface area contributed by atoms with Gasteiger partial charge in [-0.05, 0) is 24.5 Å². The van der Waals surface area contributed by atoms with Gasteiger partial charge in [0.05, 0.1) is 18.1 Å². The van der Waals surface area contributed by atoms with Crippen molar-refractivity contribution in [2.24, 2.45) is 0 Å². The molecule has 1 atom stereocenters. The number of carboxylic acid groups (broad SMARTS) is 1. The van der Waals surface area contributed by atoms with Crippen molar-refractivity contribution in [2.45, 2.75) is 39.2 Å². The average molecular weight is 311 g/mol. The first-order chi connectivity index (χ1) is 10.1. The molecule has 0 unspecified atom stereocenters. The Labute approximate surface area is 128 Å². The van der Waals surface area contributed by atoms with Gasteiger partial charge in [0, 0.05) is 11.4 Å². The Balaban J connectivity index is 2.23. The third-order valence-electron chi connectivity index (χ3n) is 3.64. The lowest BCUT2D eigenvalue weighted by Gasteiger charge is -2.32. The van der Waals surface area contributed by atoms with E-state index in [1.807, 2.05) is 6.07 Å². The van der Waals surface area contributed by atoms with Crippen molar-refractivity contribution in [3.05, 3.63) is 21.4 Å². The molecule has 1 saturated heterocycles. The van der Waals surface area contributed by atoms with Crippen molar-refractivity contribution in [3.63, 3.8) is 0 Å². The highest BCUT2D eigenvalue weighted by Crippen LogP contribution is 2.26. The van der Waals surface area contributed by atoms with Gasteiger partial charge in [-0.3, -0.25) is 4.79 Å². The largest absolute Gasteiger partial charge is 0.480 e. The van der Waals surface area contributed by atoms with Crippen molar-refractivity contribution >= 4 is 23.2 Å². The fourth-order valence-corrected chi connectivity index (χ4v) is 3.81. The van der Waals surface area contributed by atoms with Crippen LogP contribution in [0.5, 0.6) is 0 Å². The summed E-state index contributed by atoms with van der Waals surface area (Å²) in [5.41, 5.74) is 1.20. The number of nitrogens with zero attached hydrogens (tertiary/aromatic N) is 1. The second-order valence-corrected chi connectivity index (χ2v) is 6.23. The third kappa shape index (κ3) is 3.44. The predicted molar refractivity (Wildman–Crippen MR) is 81.0 cm³/mol. The maximum Gasteiger partial charge on any atom is 0.328 e. The number of thiophene rings is 1. The molecule has 116 valence electrons. The molecule has 5 nitrogen and oxygen atoms in total. The minimum absolute atomic E-state index is 0.0644. The molecule has 1 amide bonds. The molecule has 0 aliphatic carbocycles. The number of ether oxygens (including phenoxy) is 1. The molecule has 0 radical (unpaired) electrons. The Hall–Kier alpha value is -1.40. The zero-order valence-corrected chi connectivity index (χ0v) is 13.2. The fraction of sp³-hybridized carbons (Fsp3) is 0.600. The van der Waals surface area contributed by atoms with Crippen LogP contribution in [-0.4, -0.2) is 47.7 Å². The van der Waals surface area contributed by atoms with Crippen molar-refractivity contribution in [3.8, 4) is 0 Å². The van der Waals surface area contributed by atoms with Crippen LogP contribution < -0.4 is 0 Å². The Morgan fingerprint density at radius 3 is 2.86 bits per heavy atom. The molecule has 0 saturated carbocycles. The maximum absolute atomic E-state index is 12.6. The van der Waals surface area contributed by atoms with Gasteiger partial charge in [0.1, 0.15) is 0 Å². The summed E-state index contributed by atoms with van der Waals surface area (Å²) >= 11 is 1.50. The first kappa shape index (κ1) is 16.0. The number of hydrogen-bond donors (Lipinski definition) is 1. The van der Waals surface area contributed by atoms with Crippen LogP contribution >= 0.6 is 11.3 Å². The van der Waals surface area contributed by atoms with E-state index in [0.29, 0.717) is 18.0 Å². The van der Waals surface area contributed by atoms with Crippen LogP contribution in [0.15, 0.2) is 6.07 Å². The van der Waals surface area contributed by atoms with Crippen LogP contribution in [0, 0.1) is 0 Å². The van der Waals surface area contributed by atoms with Gasteiger partial charge >= 0.3 is 5.97 Å². The highest BCUT2D eigenvalue weighted by molar-refractivity contribution is 7.14. The third-order valence-corrected chi connectivity index (χ3v) is 4.86. The molecular weight excluding hydrogens is 290 g/mol. The van der Waals surface area contributed by atoms with Crippen molar-refractivity contribution < 1.29 is 19.4 Å². The van der Waals surface area contributed by atoms with Crippen LogP contribution in [0.4, 0.5) is 0 Å². The van der Waals surface area contributed by atoms with E-state index < -0.39 is 12.0 Å². The zero-order chi connectivity index (χ0) is 15.4. The Bertz CT molecular complexity index is 526. The molecule has 6 heteroatoms. The van der Waals surface area contributed by atoms with Crippen LogP contribution in [-0.2, 0) is 22.4 Å². The fourth-order valence-electron chi connectivity index (χ4n) is 2.50. The lowest BCUT2D eigenvalue weighted by Crippen LogP contribution is -2.52. The number of amides is 1. The number of rotatable bonds is 5. The summed E-state index contributed by atoms with van der Waals surface area (Å²) in [6.45, 7) is 4.98. The van der Waals surface area contributed by atoms with Gasteiger partial charge in [-0.15, -0.1) is 11.3 Å². The second kappa shape index (κ2) is 7.04. The van der Waals surface area contributed by atoms with Gasteiger partial charge in [-0.25, -0.2) is 4.79 Å². The highest BCUT2D eigenvalue weighted by atomic mass is 32.1. The van der Waals surface area contributed by atoms with Crippen LogP contribution in [0.3, 0.4) is 0 Å². The molecule has 1 aromatic heterocycles. The highest BCUT2D eigenvalue weighted by Gasteiger charge is 2.34. The van der Waals surface area contributed by atoms with Crippen molar-refractivity contribution in [1.82, 2.24) is 4.90 Å². The number of morpholine rings is 1. The normalized spacial score (nSPS) is 18.8. The van der Waals surface area contributed by atoms with E-state index in [1.54, 1.807) is 0 Å². The first-order valence-electron chi connectivity index (χ1n) is 7.31. The summed E-state index contributed by atoms with van der Waals surface area (Å²) in [5.74, 6) is -1.20. The van der Waals surface area contributed by atoms with E-state index in [9.17, 15) is 14.7 Å². The summed E-state index contributed by atoms with van der Waals surface area (Å²) in [7, 11) is 0. The average Bonchev–Trinajstić information content (AvgIpc) is 2.90. The molecule has 1 aliphatic heterocycles. The summed E-state index contributed by atoms with van der Waals surface area (Å²) < 4.78 is 5.18. The molecule has 1 aromatic rings.